The molecule has 1 fully saturated rings. The molecule has 1 saturated carbocycles. The summed E-state index contributed by atoms with van der Waals surface area (Å²) in [5.74, 6) is 1.17. The average Bonchev–Trinajstić information content (AvgIpc) is 2.80. The topological polar surface area (TPSA) is 38.3 Å². The third-order valence-electron chi connectivity index (χ3n) is 6.66. The Morgan fingerprint density at radius 2 is 1.61 bits per heavy atom. The minimum atomic E-state index is -0.475. The van der Waals surface area contributed by atoms with Crippen LogP contribution in [0.5, 0.6) is 5.75 Å². The van der Waals surface area contributed by atoms with Crippen molar-refractivity contribution in [2.45, 2.75) is 122 Å². The van der Waals surface area contributed by atoms with E-state index in [2.05, 4.69) is 18.3 Å². The van der Waals surface area contributed by atoms with Gasteiger partial charge in [0.15, 0.2) is 6.10 Å². The van der Waals surface area contributed by atoms with Crippen molar-refractivity contribution in [2.24, 2.45) is 0 Å². The van der Waals surface area contributed by atoms with E-state index in [1.54, 1.807) is 7.05 Å². The second kappa shape index (κ2) is 15.6. The number of benzene rings is 1. The number of rotatable bonds is 15. The van der Waals surface area contributed by atoms with E-state index in [0.29, 0.717) is 16.7 Å². The molecule has 31 heavy (non-hydrogen) atoms. The molecule has 1 aromatic carbocycles. The third kappa shape index (κ3) is 9.85. The first-order valence-corrected chi connectivity index (χ1v) is 13.2. The highest BCUT2D eigenvalue weighted by molar-refractivity contribution is 6.32. The smallest absolute Gasteiger partial charge is 0.260 e. The third-order valence-corrected chi connectivity index (χ3v) is 6.96. The summed E-state index contributed by atoms with van der Waals surface area (Å²) < 4.78 is 6.08. The van der Waals surface area contributed by atoms with Crippen molar-refractivity contribution >= 4 is 17.5 Å². The number of likely N-dealkylation sites (N-methyl/N-ethyl adjacent to an activating group) is 1. The quantitative estimate of drug-likeness (QED) is 0.274. The van der Waals surface area contributed by atoms with Crippen molar-refractivity contribution in [3.8, 4) is 5.75 Å². The lowest BCUT2D eigenvalue weighted by atomic mass is 9.84. The summed E-state index contributed by atoms with van der Waals surface area (Å²) in [6, 6.07) is 6.15. The number of unbranched alkanes of at least 4 members (excludes halogenated alkanes) is 9. The second-order valence-corrected chi connectivity index (χ2v) is 9.62. The lowest BCUT2D eigenvalue weighted by Gasteiger charge is -2.23. The fourth-order valence-electron chi connectivity index (χ4n) is 4.68. The van der Waals surface area contributed by atoms with Crippen LogP contribution in [0.4, 0.5) is 0 Å². The molecular formula is C27H44ClNO2. The number of hydrogen-bond acceptors (Lipinski definition) is 2. The molecule has 1 amide bonds. The SMILES string of the molecule is CCCCCCCCCCCCC(Oc1ccc(C2CCCCC2)cc1Cl)C(=O)NC. The zero-order valence-corrected chi connectivity index (χ0v) is 20.7. The Hall–Kier alpha value is -1.22. The monoisotopic (exact) mass is 449 g/mol. The van der Waals surface area contributed by atoms with Crippen molar-refractivity contribution in [3.05, 3.63) is 28.8 Å². The zero-order chi connectivity index (χ0) is 22.3. The molecule has 1 aliphatic rings. The molecule has 1 aromatic rings. The maximum Gasteiger partial charge on any atom is 0.260 e. The lowest BCUT2D eigenvalue weighted by molar-refractivity contribution is -0.127. The highest BCUT2D eigenvalue weighted by atomic mass is 35.5. The summed E-state index contributed by atoms with van der Waals surface area (Å²) in [6.45, 7) is 2.26. The molecule has 176 valence electrons. The number of amides is 1. The normalized spacial score (nSPS) is 15.6. The van der Waals surface area contributed by atoms with E-state index in [-0.39, 0.29) is 5.91 Å². The zero-order valence-electron chi connectivity index (χ0n) is 19.9. The summed E-state index contributed by atoms with van der Waals surface area (Å²) in [5.41, 5.74) is 1.31. The van der Waals surface area contributed by atoms with Crippen LogP contribution < -0.4 is 10.1 Å². The van der Waals surface area contributed by atoms with Gasteiger partial charge in [-0.1, -0.05) is 102 Å². The Morgan fingerprint density at radius 3 is 2.19 bits per heavy atom. The molecule has 0 heterocycles. The Balaban J connectivity index is 1.75. The highest BCUT2D eigenvalue weighted by Crippen LogP contribution is 2.36. The molecule has 0 aliphatic heterocycles. The predicted octanol–water partition coefficient (Wildman–Crippen LogP) is 8.19. The van der Waals surface area contributed by atoms with Gasteiger partial charge >= 0.3 is 0 Å². The standard InChI is InChI=1S/C27H44ClNO2/c1-3-4-5-6-7-8-9-10-11-15-18-26(27(30)29-2)31-25-20-19-23(21-24(25)28)22-16-13-12-14-17-22/h19-22,26H,3-18H2,1-2H3,(H,29,30). The van der Waals surface area contributed by atoms with E-state index in [0.717, 1.165) is 19.3 Å². The molecule has 3 nitrogen and oxygen atoms in total. The van der Waals surface area contributed by atoms with E-state index in [9.17, 15) is 4.79 Å². The van der Waals surface area contributed by atoms with Crippen LogP contribution in [0, 0.1) is 0 Å². The van der Waals surface area contributed by atoms with Crippen molar-refractivity contribution in [2.75, 3.05) is 7.05 Å². The molecule has 1 atom stereocenters. The summed E-state index contributed by atoms with van der Waals surface area (Å²) in [7, 11) is 1.67. The summed E-state index contributed by atoms with van der Waals surface area (Å²) in [5, 5.41) is 3.37. The molecule has 4 heteroatoms. The van der Waals surface area contributed by atoms with E-state index in [1.807, 2.05) is 12.1 Å². The van der Waals surface area contributed by atoms with Gasteiger partial charge in [0, 0.05) is 7.05 Å². The molecule has 0 bridgehead atoms. The summed E-state index contributed by atoms with van der Waals surface area (Å²) in [6.07, 6.45) is 19.5. The number of ether oxygens (including phenoxy) is 1. The number of carbonyl (C=O) groups excluding carboxylic acids is 1. The Bertz CT molecular complexity index is 628. The average molecular weight is 450 g/mol. The maximum absolute atomic E-state index is 12.4. The molecule has 0 saturated heterocycles. The molecule has 0 radical (unpaired) electrons. The molecule has 0 spiro atoms. The van der Waals surface area contributed by atoms with Crippen LogP contribution in [-0.4, -0.2) is 19.1 Å². The number of halogens is 1. The first-order valence-electron chi connectivity index (χ1n) is 12.8. The van der Waals surface area contributed by atoms with Crippen LogP contribution in [0.3, 0.4) is 0 Å². The fraction of sp³-hybridized carbons (Fsp3) is 0.741. The minimum absolute atomic E-state index is 0.0663. The maximum atomic E-state index is 12.4. The Labute approximate surface area is 195 Å². The van der Waals surface area contributed by atoms with Gasteiger partial charge in [0.2, 0.25) is 0 Å². The van der Waals surface area contributed by atoms with Gasteiger partial charge in [0.25, 0.3) is 5.91 Å². The van der Waals surface area contributed by atoms with Gasteiger partial charge in [-0.2, -0.15) is 0 Å². The van der Waals surface area contributed by atoms with Gasteiger partial charge in [-0.3, -0.25) is 4.79 Å². The minimum Gasteiger partial charge on any atom is -0.479 e. The van der Waals surface area contributed by atoms with Gasteiger partial charge in [0.1, 0.15) is 5.75 Å². The van der Waals surface area contributed by atoms with Crippen LogP contribution in [0.15, 0.2) is 18.2 Å². The number of nitrogens with one attached hydrogen (secondary N) is 1. The molecular weight excluding hydrogens is 406 g/mol. The number of hydrogen-bond donors (Lipinski definition) is 1. The predicted molar refractivity (Wildman–Crippen MR) is 132 cm³/mol. The highest BCUT2D eigenvalue weighted by Gasteiger charge is 2.21. The fourth-order valence-corrected chi connectivity index (χ4v) is 4.91. The van der Waals surface area contributed by atoms with Crippen molar-refractivity contribution in [3.63, 3.8) is 0 Å². The van der Waals surface area contributed by atoms with Gasteiger partial charge in [-0.05, 0) is 49.3 Å². The summed E-state index contributed by atoms with van der Waals surface area (Å²) >= 11 is 6.55. The Morgan fingerprint density at radius 1 is 1.00 bits per heavy atom. The van der Waals surface area contributed by atoms with Crippen LogP contribution in [0.1, 0.15) is 121 Å². The molecule has 1 unspecified atom stereocenters. The van der Waals surface area contributed by atoms with Crippen LogP contribution in [0.2, 0.25) is 5.02 Å². The van der Waals surface area contributed by atoms with Gasteiger partial charge in [-0.25, -0.2) is 0 Å². The van der Waals surface area contributed by atoms with Gasteiger partial charge < -0.3 is 10.1 Å². The van der Waals surface area contributed by atoms with Crippen LogP contribution in [-0.2, 0) is 4.79 Å². The van der Waals surface area contributed by atoms with E-state index >= 15 is 0 Å². The molecule has 2 rings (SSSR count). The first-order chi connectivity index (χ1) is 15.2. The van der Waals surface area contributed by atoms with Gasteiger partial charge in [-0.15, -0.1) is 0 Å². The number of carbonyl (C=O) groups is 1. The molecule has 0 aromatic heterocycles. The molecule has 1 aliphatic carbocycles. The Kier molecular flexibility index (Phi) is 13.1. The second-order valence-electron chi connectivity index (χ2n) is 9.22. The summed E-state index contributed by atoms with van der Waals surface area (Å²) in [4.78, 5) is 12.4. The molecule has 1 N–H and O–H groups in total. The largest absolute Gasteiger partial charge is 0.479 e. The van der Waals surface area contributed by atoms with Crippen molar-refractivity contribution in [1.29, 1.82) is 0 Å². The van der Waals surface area contributed by atoms with E-state index < -0.39 is 6.10 Å². The lowest BCUT2D eigenvalue weighted by Crippen LogP contribution is -2.36. The first kappa shape index (κ1) is 26.0. The van der Waals surface area contributed by atoms with E-state index in [1.165, 1.54) is 89.0 Å². The van der Waals surface area contributed by atoms with E-state index in [4.69, 9.17) is 16.3 Å². The van der Waals surface area contributed by atoms with Crippen LogP contribution in [0.25, 0.3) is 0 Å². The van der Waals surface area contributed by atoms with Crippen molar-refractivity contribution in [1.82, 2.24) is 5.32 Å². The van der Waals surface area contributed by atoms with Gasteiger partial charge in [0.05, 0.1) is 5.02 Å². The van der Waals surface area contributed by atoms with Crippen molar-refractivity contribution < 1.29 is 9.53 Å². The van der Waals surface area contributed by atoms with Crippen LogP contribution >= 0.6 is 11.6 Å².